The number of carbonyl (C=O) groups is 2. The topological polar surface area (TPSA) is 73.6 Å². The molecule has 6 nitrogen and oxygen atoms in total. The molecule has 2 aromatic heterocycles. The molecule has 2 heterocycles. The van der Waals surface area contributed by atoms with Crippen LogP contribution in [0.2, 0.25) is 0 Å². The largest absolute Gasteiger partial charge is 0.384 e. The second-order valence-corrected chi connectivity index (χ2v) is 4.02. The van der Waals surface area contributed by atoms with Gasteiger partial charge in [-0.25, -0.2) is 14.1 Å². The molecular formula is C14H9N3O3. The summed E-state index contributed by atoms with van der Waals surface area (Å²) in [5, 5.41) is 4.01. The van der Waals surface area contributed by atoms with E-state index in [1.807, 2.05) is 0 Å². The SMILES string of the molecule is O=C(OC(=O)c1cc2cnccn2n1)c1ccccc1. The van der Waals surface area contributed by atoms with Gasteiger partial charge in [-0.15, -0.1) is 0 Å². The molecule has 6 heteroatoms. The van der Waals surface area contributed by atoms with Crippen molar-refractivity contribution >= 4 is 17.5 Å². The summed E-state index contributed by atoms with van der Waals surface area (Å²) in [6.07, 6.45) is 4.71. The third-order valence-electron chi connectivity index (χ3n) is 2.67. The fourth-order valence-electron chi connectivity index (χ4n) is 1.72. The van der Waals surface area contributed by atoms with Crippen LogP contribution in [0.3, 0.4) is 0 Å². The van der Waals surface area contributed by atoms with E-state index in [0.717, 1.165) is 0 Å². The van der Waals surface area contributed by atoms with Crippen LogP contribution in [0.1, 0.15) is 20.8 Å². The Kier molecular flexibility index (Phi) is 2.96. The quantitative estimate of drug-likeness (QED) is 0.522. The van der Waals surface area contributed by atoms with Gasteiger partial charge in [-0.2, -0.15) is 5.10 Å². The van der Waals surface area contributed by atoms with Crippen molar-refractivity contribution in [2.24, 2.45) is 0 Å². The van der Waals surface area contributed by atoms with Crippen molar-refractivity contribution in [3.8, 4) is 0 Å². The predicted molar refractivity (Wildman–Crippen MR) is 69.2 cm³/mol. The molecule has 3 aromatic rings. The second-order valence-electron chi connectivity index (χ2n) is 4.02. The van der Waals surface area contributed by atoms with Gasteiger partial charge < -0.3 is 4.74 Å². The highest BCUT2D eigenvalue weighted by Crippen LogP contribution is 2.08. The fraction of sp³-hybridized carbons (Fsp3) is 0. The standard InChI is InChI=1S/C14H9N3O3/c18-13(10-4-2-1-3-5-10)20-14(19)12-8-11-9-15-6-7-17(11)16-12/h1-9H. The van der Waals surface area contributed by atoms with Gasteiger partial charge in [0.2, 0.25) is 0 Å². The Morgan fingerprint density at radius 3 is 2.65 bits per heavy atom. The Bertz CT molecular complexity index is 747. The molecule has 0 aliphatic heterocycles. The molecule has 3 rings (SSSR count). The van der Waals surface area contributed by atoms with Crippen molar-refractivity contribution < 1.29 is 14.3 Å². The smallest absolute Gasteiger partial charge is 0.366 e. The van der Waals surface area contributed by atoms with Gasteiger partial charge in [0.05, 0.1) is 17.3 Å². The molecule has 0 radical (unpaired) electrons. The van der Waals surface area contributed by atoms with Gasteiger partial charge in [0.1, 0.15) is 0 Å². The first-order chi connectivity index (χ1) is 9.74. The number of fused-ring (bicyclic) bond motifs is 1. The molecule has 0 amide bonds. The Balaban J connectivity index is 1.81. The van der Waals surface area contributed by atoms with Crippen LogP contribution in [0, 0.1) is 0 Å². The molecule has 0 saturated carbocycles. The van der Waals surface area contributed by atoms with E-state index in [4.69, 9.17) is 4.74 Å². The molecule has 0 aliphatic carbocycles. The van der Waals surface area contributed by atoms with E-state index in [1.165, 1.54) is 10.6 Å². The van der Waals surface area contributed by atoms with Crippen molar-refractivity contribution in [2.45, 2.75) is 0 Å². The highest BCUT2D eigenvalue weighted by Gasteiger charge is 2.17. The summed E-state index contributed by atoms with van der Waals surface area (Å²) in [5.74, 6) is -1.49. The van der Waals surface area contributed by atoms with Crippen LogP contribution in [0.15, 0.2) is 55.0 Å². The monoisotopic (exact) mass is 267 g/mol. The van der Waals surface area contributed by atoms with Crippen LogP contribution >= 0.6 is 0 Å². The Morgan fingerprint density at radius 2 is 1.90 bits per heavy atom. The van der Waals surface area contributed by atoms with E-state index in [9.17, 15) is 9.59 Å². The van der Waals surface area contributed by atoms with Gasteiger partial charge in [0, 0.05) is 18.5 Å². The number of carbonyl (C=O) groups excluding carboxylic acids is 2. The van der Waals surface area contributed by atoms with Gasteiger partial charge in [-0.1, -0.05) is 18.2 Å². The number of rotatable bonds is 2. The summed E-state index contributed by atoms with van der Waals surface area (Å²) in [7, 11) is 0. The van der Waals surface area contributed by atoms with E-state index in [1.54, 1.807) is 48.9 Å². The average Bonchev–Trinajstić information content (AvgIpc) is 2.92. The van der Waals surface area contributed by atoms with Gasteiger partial charge in [0.25, 0.3) is 0 Å². The molecule has 0 spiro atoms. The van der Waals surface area contributed by atoms with Crippen LogP contribution in [0.25, 0.3) is 5.52 Å². The third-order valence-corrected chi connectivity index (χ3v) is 2.67. The fourth-order valence-corrected chi connectivity index (χ4v) is 1.72. The van der Waals surface area contributed by atoms with Crippen molar-refractivity contribution in [3.05, 3.63) is 66.2 Å². The number of hydrogen-bond donors (Lipinski definition) is 0. The van der Waals surface area contributed by atoms with Crippen LogP contribution < -0.4 is 0 Å². The van der Waals surface area contributed by atoms with Crippen molar-refractivity contribution in [1.29, 1.82) is 0 Å². The van der Waals surface area contributed by atoms with Gasteiger partial charge >= 0.3 is 11.9 Å². The highest BCUT2D eigenvalue weighted by molar-refractivity contribution is 6.02. The summed E-state index contributed by atoms with van der Waals surface area (Å²) >= 11 is 0. The predicted octanol–water partition coefficient (Wildman–Crippen LogP) is 1.73. The van der Waals surface area contributed by atoms with E-state index >= 15 is 0 Å². The van der Waals surface area contributed by atoms with E-state index in [0.29, 0.717) is 11.1 Å². The lowest BCUT2D eigenvalue weighted by Crippen LogP contribution is -2.13. The Labute approximate surface area is 113 Å². The number of aromatic nitrogens is 3. The van der Waals surface area contributed by atoms with E-state index in [-0.39, 0.29) is 5.69 Å². The molecule has 20 heavy (non-hydrogen) atoms. The molecule has 0 unspecified atom stereocenters. The van der Waals surface area contributed by atoms with Gasteiger partial charge in [0.15, 0.2) is 5.69 Å². The number of benzene rings is 1. The lowest BCUT2D eigenvalue weighted by molar-refractivity contribution is 0.0393. The lowest BCUT2D eigenvalue weighted by Gasteiger charge is -2.00. The number of ether oxygens (including phenoxy) is 1. The first kappa shape index (κ1) is 12.0. The molecule has 0 fully saturated rings. The highest BCUT2D eigenvalue weighted by atomic mass is 16.6. The van der Waals surface area contributed by atoms with E-state index < -0.39 is 11.9 Å². The maximum Gasteiger partial charge on any atom is 0.366 e. The lowest BCUT2D eigenvalue weighted by atomic mass is 10.2. The van der Waals surface area contributed by atoms with Gasteiger partial charge in [-0.3, -0.25) is 4.98 Å². The zero-order valence-corrected chi connectivity index (χ0v) is 10.3. The molecular weight excluding hydrogens is 258 g/mol. The van der Waals surface area contributed by atoms with Crippen LogP contribution in [-0.2, 0) is 4.74 Å². The molecule has 98 valence electrons. The molecule has 0 N–H and O–H groups in total. The van der Waals surface area contributed by atoms with Crippen molar-refractivity contribution in [3.63, 3.8) is 0 Å². The number of hydrogen-bond acceptors (Lipinski definition) is 5. The minimum atomic E-state index is -0.789. The molecule has 0 atom stereocenters. The summed E-state index contributed by atoms with van der Waals surface area (Å²) in [5.41, 5.74) is 1.01. The van der Waals surface area contributed by atoms with E-state index in [2.05, 4.69) is 10.1 Å². The average molecular weight is 267 g/mol. The maximum absolute atomic E-state index is 11.9. The second kappa shape index (κ2) is 4.93. The minimum Gasteiger partial charge on any atom is -0.384 e. The zero-order valence-electron chi connectivity index (χ0n) is 10.3. The zero-order chi connectivity index (χ0) is 13.9. The summed E-state index contributed by atoms with van der Waals surface area (Å²) in [6, 6.07) is 9.81. The summed E-state index contributed by atoms with van der Waals surface area (Å²) in [6.45, 7) is 0. The normalized spacial score (nSPS) is 10.4. The van der Waals surface area contributed by atoms with Gasteiger partial charge in [-0.05, 0) is 12.1 Å². The summed E-state index contributed by atoms with van der Waals surface area (Å²) < 4.78 is 6.26. The third kappa shape index (κ3) is 2.26. The first-order valence-corrected chi connectivity index (χ1v) is 5.85. The maximum atomic E-state index is 11.9. The van der Waals surface area contributed by atoms with Crippen molar-refractivity contribution in [1.82, 2.24) is 14.6 Å². The van der Waals surface area contributed by atoms with Crippen molar-refractivity contribution in [2.75, 3.05) is 0 Å². The molecule has 1 aromatic carbocycles. The molecule has 0 bridgehead atoms. The Hall–Kier alpha value is -3.02. The summed E-state index contributed by atoms with van der Waals surface area (Å²) in [4.78, 5) is 27.5. The number of esters is 2. The number of nitrogens with zero attached hydrogens (tertiary/aromatic N) is 3. The van der Waals surface area contributed by atoms with Crippen LogP contribution in [0.5, 0.6) is 0 Å². The van der Waals surface area contributed by atoms with Crippen LogP contribution in [-0.4, -0.2) is 26.5 Å². The van der Waals surface area contributed by atoms with Crippen LogP contribution in [0.4, 0.5) is 0 Å². The molecule has 0 saturated heterocycles. The minimum absolute atomic E-state index is 0.0577. The Morgan fingerprint density at radius 1 is 1.10 bits per heavy atom. The molecule has 0 aliphatic rings. The first-order valence-electron chi connectivity index (χ1n) is 5.85.